The van der Waals surface area contributed by atoms with Gasteiger partial charge in [0.1, 0.15) is 0 Å². The molecule has 0 atom stereocenters. The normalized spacial score (nSPS) is 13.3. The fourth-order valence-corrected chi connectivity index (χ4v) is 1.98. The molecule has 1 aromatic rings. The molecule has 0 fully saturated rings. The van der Waals surface area contributed by atoms with E-state index in [0.29, 0.717) is 0 Å². The molecule has 1 aliphatic rings. The van der Waals surface area contributed by atoms with Crippen LogP contribution in [0, 0.1) is 5.92 Å². The van der Waals surface area contributed by atoms with Crippen molar-refractivity contribution in [3.63, 3.8) is 0 Å². The van der Waals surface area contributed by atoms with E-state index in [2.05, 4.69) is 48.3 Å². The standard InChI is InChI=1S/C12H18N2.2ClH/c1-10(2)9-14-8-7-13-11-5-3-4-6-12(11)14;;/h3-6,10,13H,7-9H2,1-2H3;2*1H. The van der Waals surface area contributed by atoms with Gasteiger partial charge >= 0.3 is 0 Å². The second-order valence-electron chi connectivity index (χ2n) is 4.28. The smallest absolute Gasteiger partial charge is 0.0602 e. The van der Waals surface area contributed by atoms with Gasteiger partial charge in [-0.15, -0.1) is 24.8 Å². The molecule has 0 radical (unpaired) electrons. The third kappa shape index (κ3) is 3.46. The van der Waals surface area contributed by atoms with Gasteiger partial charge in [0.05, 0.1) is 11.4 Å². The largest absolute Gasteiger partial charge is 0.382 e. The van der Waals surface area contributed by atoms with E-state index in [1.165, 1.54) is 11.4 Å². The summed E-state index contributed by atoms with van der Waals surface area (Å²) in [5.74, 6) is 0.723. The molecule has 92 valence electrons. The molecule has 4 heteroatoms. The zero-order valence-electron chi connectivity index (χ0n) is 9.77. The maximum absolute atomic E-state index is 3.42. The van der Waals surface area contributed by atoms with Gasteiger partial charge in [-0.25, -0.2) is 0 Å². The number of fused-ring (bicyclic) bond motifs is 1. The quantitative estimate of drug-likeness (QED) is 0.879. The highest BCUT2D eigenvalue weighted by Gasteiger charge is 2.15. The van der Waals surface area contributed by atoms with E-state index < -0.39 is 0 Å². The number of halogens is 2. The Bertz CT molecular complexity index is 316. The average Bonchev–Trinajstić information content (AvgIpc) is 2.18. The Morgan fingerprint density at radius 2 is 1.94 bits per heavy atom. The molecule has 0 saturated carbocycles. The van der Waals surface area contributed by atoms with Crippen LogP contribution >= 0.6 is 24.8 Å². The molecule has 1 aromatic carbocycles. The number of hydrogen-bond acceptors (Lipinski definition) is 2. The monoisotopic (exact) mass is 262 g/mol. The van der Waals surface area contributed by atoms with Crippen LogP contribution < -0.4 is 10.2 Å². The predicted octanol–water partition coefficient (Wildman–Crippen LogP) is 3.42. The Hall–Kier alpha value is -0.600. The molecule has 0 unspecified atom stereocenters. The van der Waals surface area contributed by atoms with Gasteiger partial charge in [-0.2, -0.15) is 0 Å². The summed E-state index contributed by atoms with van der Waals surface area (Å²) in [5, 5.41) is 3.42. The minimum atomic E-state index is 0. The first kappa shape index (κ1) is 15.4. The summed E-state index contributed by atoms with van der Waals surface area (Å²) in [6.07, 6.45) is 0. The van der Waals surface area contributed by atoms with Crippen molar-refractivity contribution < 1.29 is 0 Å². The molecule has 0 aromatic heterocycles. The molecular formula is C12H20Cl2N2. The van der Waals surface area contributed by atoms with E-state index in [1.807, 2.05) is 0 Å². The van der Waals surface area contributed by atoms with Crippen LogP contribution in [0.25, 0.3) is 0 Å². The predicted molar refractivity (Wildman–Crippen MR) is 76.5 cm³/mol. The lowest BCUT2D eigenvalue weighted by molar-refractivity contribution is 0.610. The Morgan fingerprint density at radius 3 is 2.62 bits per heavy atom. The van der Waals surface area contributed by atoms with Crippen molar-refractivity contribution >= 4 is 36.2 Å². The van der Waals surface area contributed by atoms with Crippen molar-refractivity contribution in [2.75, 3.05) is 29.9 Å². The van der Waals surface area contributed by atoms with Crippen LogP contribution in [0.4, 0.5) is 11.4 Å². The molecule has 2 nitrogen and oxygen atoms in total. The summed E-state index contributed by atoms with van der Waals surface area (Å²) in [7, 11) is 0. The van der Waals surface area contributed by atoms with E-state index in [9.17, 15) is 0 Å². The zero-order valence-corrected chi connectivity index (χ0v) is 11.4. The van der Waals surface area contributed by atoms with Crippen molar-refractivity contribution in [3.05, 3.63) is 24.3 Å². The molecule has 2 rings (SSSR count). The van der Waals surface area contributed by atoms with Gasteiger partial charge in [0.25, 0.3) is 0 Å². The second kappa shape index (κ2) is 6.87. The van der Waals surface area contributed by atoms with E-state index in [-0.39, 0.29) is 24.8 Å². The highest BCUT2D eigenvalue weighted by molar-refractivity contribution is 5.85. The third-order valence-electron chi connectivity index (χ3n) is 2.53. The van der Waals surface area contributed by atoms with Gasteiger partial charge in [0.15, 0.2) is 0 Å². The zero-order chi connectivity index (χ0) is 9.97. The summed E-state index contributed by atoms with van der Waals surface area (Å²) in [4.78, 5) is 2.47. The van der Waals surface area contributed by atoms with E-state index in [1.54, 1.807) is 0 Å². The SMILES string of the molecule is CC(C)CN1CCNc2ccccc21.Cl.Cl. The van der Waals surface area contributed by atoms with Gasteiger partial charge in [0.2, 0.25) is 0 Å². The molecule has 16 heavy (non-hydrogen) atoms. The van der Waals surface area contributed by atoms with Crippen molar-refractivity contribution in [2.45, 2.75) is 13.8 Å². The molecule has 0 amide bonds. The summed E-state index contributed by atoms with van der Waals surface area (Å²) in [5.41, 5.74) is 2.63. The summed E-state index contributed by atoms with van der Waals surface area (Å²) >= 11 is 0. The Morgan fingerprint density at radius 1 is 1.25 bits per heavy atom. The molecule has 1 heterocycles. The van der Waals surface area contributed by atoms with Crippen LogP contribution in [-0.4, -0.2) is 19.6 Å². The molecule has 0 saturated heterocycles. The van der Waals surface area contributed by atoms with Crippen molar-refractivity contribution in [3.8, 4) is 0 Å². The summed E-state index contributed by atoms with van der Waals surface area (Å²) < 4.78 is 0. The van der Waals surface area contributed by atoms with Crippen LogP contribution in [0.15, 0.2) is 24.3 Å². The van der Waals surface area contributed by atoms with Gasteiger partial charge in [-0.1, -0.05) is 26.0 Å². The lowest BCUT2D eigenvalue weighted by atomic mass is 10.1. The van der Waals surface area contributed by atoms with Gasteiger partial charge < -0.3 is 10.2 Å². The first-order valence-corrected chi connectivity index (χ1v) is 5.35. The highest BCUT2D eigenvalue weighted by Crippen LogP contribution is 2.28. The molecular weight excluding hydrogens is 243 g/mol. The number of rotatable bonds is 2. The Balaban J connectivity index is 0.00000112. The van der Waals surface area contributed by atoms with Crippen LogP contribution in [0.5, 0.6) is 0 Å². The number of nitrogens with one attached hydrogen (secondary N) is 1. The van der Waals surface area contributed by atoms with Crippen LogP contribution in [-0.2, 0) is 0 Å². The Kier molecular flexibility index (Phi) is 6.61. The van der Waals surface area contributed by atoms with Gasteiger partial charge in [-0.05, 0) is 18.1 Å². The molecule has 0 bridgehead atoms. The first-order valence-electron chi connectivity index (χ1n) is 5.35. The van der Waals surface area contributed by atoms with Crippen molar-refractivity contribution in [1.29, 1.82) is 0 Å². The van der Waals surface area contributed by atoms with E-state index in [0.717, 1.165) is 25.6 Å². The van der Waals surface area contributed by atoms with E-state index >= 15 is 0 Å². The molecule has 0 spiro atoms. The lowest BCUT2D eigenvalue weighted by Crippen LogP contribution is -2.36. The maximum atomic E-state index is 3.42. The third-order valence-corrected chi connectivity index (χ3v) is 2.53. The average molecular weight is 263 g/mol. The minimum absolute atomic E-state index is 0. The topological polar surface area (TPSA) is 15.3 Å². The van der Waals surface area contributed by atoms with Crippen LogP contribution in [0.3, 0.4) is 0 Å². The van der Waals surface area contributed by atoms with Crippen LogP contribution in [0.1, 0.15) is 13.8 Å². The number of nitrogens with zero attached hydrogens (tertiary/aromatic N) is 1. The first-order chi connectivity index (χ1) is 6.77. The maximum Gasteiger partial charge on any atom is 0.0602 e. The van der Waals surface area contributed by atoms with Gasteiger partial charge in [-0.3, -0.25) is 0 Å². The summed E-state index contributed by atoms with van der Waals surface area (Å²) in [6, 6.07) is 8.55. The fraction of sp³-hybridized carbons (Fsp3) is 0.500. The molecule has 1 N–H and O–H groups in total. The second-order valence-corrected chi connectivity index (χ2v) is 4.28. The lowest BCUT2D eigenvalue weighted by Gasteiger charge is -2.33. The highest BCUT2D eigenvalue weighted by atomic mass is 35.5. The van der Waals surface area contributed by atoms with Crippen molar-refractivity contribution in [1.82, 2.24) is 0 Å². The number of benzene rings is 1. The number of hydrogen-bond donors (Lipinski definition) is 1. The van der Waals surface area contributed by atoms with Gasteiger partial charge in [0, 0.05) is 19.6 Å². The minimum Gasteiger partial charge on any atom is -0.382 e. The molecule has 0 aliphatic carbocycles. The Labute approximate surface area is 110 Å². The molecule has 1 aliphatic heterocycles. The van der Waals surface area contributed by atoms with E-state index in [4.69, 9.17) is 0 Å². The van der Waals surface area contributed by atoms with Crippen molar-refractivity contribution in [2.24, 2.45) is 5.92 Å². The van der Waals surface area contributed by atoms with Crippen LogP contribution in [0.2, 0.25) is 0 Å². The fourth-order valence-electron chi connectivity index (χ4n) is 1.98. The number of para-hydroxylation sites is 2. The number of anilines is 2. The summed E-state index contributed by atoms with van der Waals surface area (Å²) in [6.45, 7) is 7.87.